The van der Waals surface area contributed by atoms with Gasteiger partial charge >= 0.3 is 0 Å². The topological polar surface area (TPSA) is 72.2 Å². The van der Waals surface area contributed by atoms with Gasteiger partial charge in [-0.2, -0.15) is 4.72 Å². The number of rotatable bonds is 4. The van der Waals surface area contributed by atoms with Crippen LogP contribution >= 0.6 is 0 Å². The average molecular weight is 252 g/mol. The van der Waals surface area contributed by atoms with E-state index >= 15 is 0 Å². The molecule has 1 atom stereocenters. The van der Waals surface area contributed by atoms with Crippen LogP contribution in [-0.2, 0) is 10.0 Å². The lowest BCUT2D eigenvalue weighted by molar-refractivity contribution is 0.570. The molecule has 0 aromatic heterocycles. The van der Waals surface area contributed by atoms with E-state index in [0.29, 0.717) is 12.1 Å². The summed E-state index contributed by atoms with van der Waals surface area (Å²) in [6, 6.07) is 4.18. The number of nitrogen functional groups attached to an aromatic ring is 1. The summed E-state index contributed by atoms with van der Waals surface area (Å²) in [6.45, 7) is 3.60. The Kier molecular flexibility index (Phi) is 4.16. The van der Waals surface area contributed by atoms with E-state index in [2.05, 4.69) is 10.6 Å². The maximum Gasteiger partial charge on any atom is 0.241 e. The number of benzene rings is 1. The Bertz CT molecular complexity index is 524. The smallest absolute Gasteiger partial charge is 0.241 e. The van der Waals surface area contributed by atoms with Crippen LogP contribution in [0.25, 0.3) is 0 Å². The quantitative estimate of drug-likeness (QED) is 0.626. The van der Waals surface area contributed by atoms with Crippen LogP contribution in [0.2, 0.25) is 0 Å². The fourth-order valence-electron chi connectivity index (χ4n) is 1.42. The highest BCUT2D eigenvalue weighted by Gasteiger charge is 2.18. The summed E-state index contributed by atoms with van der Waals surface area (Å²) in [5.74, 6) is 2.39. The van der Waals surface area contributed by atoms with Crippen molar-refractivity contribution in [3.05, 3.63) is 23.8 Å². The molecule has 4 nitrogen and oxygen atoms in total. The van der Waals surface area contributed by atoms with Crippen molar-refractivity contribution in [1.29, 1.82) is 0 Å². The molecule has 5 heteroatoms. The van der Waals surface area contributed by atoms with Crippen LogP contribution in [-0.4, -0.2) is 14.5 Å². The van der Waals surface area contributed by atoms with E-state index in [0.717, 1.165) is 5.56 Å². The molecule has 17 heavy (non-hydrogen) atoms. The van der Waals surface area contributed by atoms with Gasteiger partial charge in [0.15, 0.2) is 0 Å². The molecule has 0 amide bonds. The average Bonchev–Trinajstić information content (AvgIpc) is 2.24. The van der Waals surface area contributed by atoms with Gasteiger partial charge in [-0.1, -0.05) is 12.8 Å². The van der Waals surface area contributed by atoms with Crippen molar-refractivity contribution in [2.24, 2.45) is 0 Å². The van der Waals surface area contributed by atoms with Crippen LogP contribution in [0.15, 0.2) is 23.1 Å². The number of hydrogen-bond acceptors (Lipinski definition) is 3. The molecule has 0 aliphatic rings. The van der Waals surface area contributed by atoms with E-state index in [1.54, 1.807) is 19.1 Å². The molecule has 0 heterocycles. The lowest BCUT2D eigenvalue weighted by Gasteiger charge is -2.12. The summed E-state index contributed by atoms with van der Waals surface area (Å²) >= 11 is 0. The Labute approximate surface area is 102 Å². The first-order valence-electron chi connectivity index (χ1n) is 5.24. The van der Waals surface area contributed by atoms with Gasteiger partial charge in [-0.3, -0.25) is 0 Å². The molecule has 0 aliphatic carbocycles. The van der Waals surface area contributed by atoms with Gasteiger partial charge in [0.25, 0.3) is 0 Å². The van der Waals surface area contributed by atoms with Crippen LogP contribution in [0.3, 0.4) is 0 Å². The van der Waals surface area contributed by atoms with Gasteiger partial charge in [0.05, 0.1) is 10.9 Å². The van der Waals surface area contributed by atoms with E-state index in [1.165, 1.54) is 6.07 Å². The summed E-state index contributed by atoms with van der Waals surface area (Å²) in [6.07, 6.45) is 5.77. The van der Waals surface area contributed by atoms with E-state index < -0.39 is 16.1 Å². The van der Waals surface area contributed by atoms with Crippen LogP contribution in [0.5, 0.6) is 0 Å². The molecule has 0 saturated carbocycles. The van der Waals surface area contributed by atoms with Crippen molar-refractivity contribution in [3.8, 4) is 12.3 Å². The van der Waals surface area contributed by atoms with E-state index in [4.69, 9.17) is 12.2 Å². The number of anilines is 1. The fraction of sp³-hybridized carbons (Fsp3) is 0.333. The monoisotopic (exact) mass is 252 g/mol. The molecule has 92 valence electrons. The summed E-state index contributed by atoms with van der Waals surface area (Å²) < 4.78 is 26.4. The molecule has 0 spiro atoms. The molecule has 1 aromatic rings. The molecule has 0 bridgehead atoms. The summed E-state index contributed by atoms with van der Waals surface area (Å²) in [5, 5.41) is 0. The van der Waals surface area contributed by atoms with Gasteiger partial charge in [0.1, 0.15) is 0 Å². The highest BCUT2D eigenvalue weighted by atomic mass is 32.2. The first kappa shape index (κ1) is 13.6. The normalized spacial score (nSPS) is 13.0. The van der Waals surface area contributed by atoms with Gasteiger partial charge in [0, 0.05) is 5.69 Å². The van der Waals surface area contributed by atoms with E-state index in [9.17, 15) is 8.42 Å². The molecule has 1 unspecified atom stereocenters. The van der Waals surface area contributed by atoms with Gasteiger partial charge < -0.3 is 5.73 Å². The number of nitrogens with two attached hydrogens (primary N) is 1. The zero-order valence-electron chi connectivity index (χ0n) is 9.90. The van der Waals surface area contributed by atoms with Gasteiger partial charge in [0.2, 0.25) is 10.0 Å². The Morgan fingerprint density at radius 2 is 2.12 bits per heavy atom. The SMILES string of the molecule is C#CC(CC)NS(=O)(=O)c1cc(C)cc(N)c1. The second-order valence-electron chi connectivity index (χ2n) is 3.83. The third-order valence-electron chi connectivity index (χ3n) is 2.29. The highest BCUT2D eigenvalue weighted by molar-refractivity contribution is 7.89. The minimum atomic E-state index is -3.60. The van der Waals surface area contributed by atoms with Crippen molar-refractivity contribution < 1.29 is 8.42 Å². The number of hydrogen-bond donors (Lipinski definition) is 2. The van der Waals surface area contributed by atoms with E-state index in [-0.39, 0.29) is 4.90 Å². The minimum Gasteiger partial charge on any atom is -0.399 e. The zero-order valence-corrected chi connectivity index (χ0v) is 10.7. The van der Waals surface area contributed by atoms with Gasteiger partial charge in [-0.25, -0.2) is 8.42 Å². The Balaban J connectivity index is 3.10. The third-order valence-corrected chi connectivity index (χ3v) is 3.74. The first-order valence-corrected chi connectivity index (χ1v) is 6.73. The molecule has 0 fully saturated rings. The van der Waals surface area contributed by atoms with Crippen molar-refractivity contribution in [2.75, 3.05) is 5.73 Å². The maximum absolute atomic E-state index is 12.0. The summed E-state index contributed by atoms with van der Waals surface area (Å²) in [7, 11) is -3.60. The number of nitrogens with one attached hydrogen (secondary N) is 1. The first-order chi connectivity index (χ1) is 7.89. The van der Waals surface area contributed by atoms with Gasteiger partial charge in [-0.05, 0) is 37.1 Å². The molecule has 1 aromatic carbocycles. The molecule has 0 saturated heterocycles. The Hall–Kier alpha value is -1.51. The second kappa shape index (κ2) is 5.21. The molecular weight excluding hydrogens is 236 g/mol. The lowest BCUT2D eigenvalue weighted by atomic mass is 10.2. The number of terminal acetylenes is 1. The highest BCUT2D eigenvalue weighted by Crippen LogP contribution is 2.16. The fourth-order valence-corrected chi connectivity index (χ4v) is 2.80. The van der Waals surface area contributed by atoms with Crippen LogP contribution in [0.1, 0.15) is 18.9 Å². The standard InChI is InChI=1S/C12H16N2O2S/c1-4-11(5-2)14-17(15,16)12-7-9(3)6-10(13)8-12/h1,6-8,11,14H,5,13H2,2-3H3. The second-order valence-corrected chi connectivity index (χ2v) is 5.54. The maximum atomic E-state index is 12.0. The third kappa shape index (κ3) is 3.48. The molecular formula is C12H16N2O2S. The molecule has 0 radical (unpaired) electrons. The van der Waals surface area contributed by atoms with Crippen LogP contribution < -0.4 is 10.5 Å². The molecule has 0 aliphatic heterocycles. The largest absolute Gasteiger partial charge is 0.399 e. The van der Waals surface area contributed by atoms with E-state index in [1.807, 2.05) is 6.92 Å². The van der Waals surface area contributed by atoms with Crippen LogP contribution in [0, 0.1) is 19.3 Å². The summed E-state index contributed by atoms with van der Waals surface area (Å²) in [4.78, 5) is 0.142. The van der Waals surface area contributed by atoms with Crippen molar-refractivity contribution >= 4 is 15.7 Å². The minimum absolute atomic E-state index is 0.142. The molecule has 3 N–H and O–H groups in total. The predicted octanol–water partition coefficient (Wildman–Crippen LogP) is 1.27. The Morgan fingerprint density at radius 1 is 1.47 bits per heavy atom. The predicted molar refractivity (Wildman–Crippen MR) is 68.8 cm³/mol. The zero-order chi connectivity index (χ0) is 13.1. The number of aryl methyl sites for hydroxylation is 1. The summed E-state index contributed by atoms with van der Waals surface area (Å²) in [5.41, 5.74) is 6.83. The van der Waals surface area contributed by atoms with Crippen molar-refractivity contribution in [2.45, 2.75) is 31.2 Å². The van der Waals surface area contributed by atoms with Crippen molar-refractivity contribution in [3.63, 3.8) is 0 Å². The molecule has 1 rings (SSSR count). The lowest BCUT2D eigenvalue weighted by Crippen LogP contribution is -2.33. The van der Waals surface area contributed by atoms with Crippen molar-refractivity contribution in [1.82, 2.24) is 4.72 Å². The van der Waals surface area contributed by atoms with Gasteiger partial charge in [-0.15, -0.1) is 6.42 Å². The Morgan fingerprint density at radius 3 is 2.59 bits per heavy atom. The van der Waals surface area contributed by atoms with Crippen LogP contribution in [0.4, 0.5) is 5.69 Å². The number of sulfonamides is 1.